The number of carbonyl (C=O) groups excluding carboxylic acids is 2. The zero-order valence-corrected chi connectivity index (χ0v) is 19.5. The average Bonchev–Trinajstić information content (AvgIpc) is 2.76. The Hall–Kier alpha value is -1.93. The van der Waals surface area contributed by atoms with E-state index in [1.54, 1.807) is 19.9 Å². The van der Waals surface area contributed by atoms with Gasteiger partial charge in [-0.05, 0) is 63.1 Å². The van der Waals surface area contributed by atoms with Crippen LogP contribution in [0.15, 0.2) is 23.1 Å². The topological polar surface area (TPSA) is 92.8 Å². The van der Waals surface area contributed by atoms with E-state index in [0.717, 1.165) is 38.5 Å². The Bertz CT molecular complexity index is 909. The monoisotopic (exact) mass is 450 g/mol. The van der Waals surface area contributed by atoms with Crippen molar-refractivity contribution < 1.29 is 22.7 Å². The van der Waals surface area contributed by atoms with Crippen LogP contribution in [0.4, 0.5) is 0 Å². The van der Waals surface area contributed by atoms with Crippen LogP contribution in [0.3, 0.4) is 0 Å². The molecule has 1 N–H and O–H groups in total. The zero-order valence-electron chi connectivity index (χ0n) is 18.7. The lowest BCUT2D eigenvalue weighted by molar-refractivity contribution is -0.130. The van der Waals surface area contributed by atoms with E-state index in [1.165, 1.54) is 22.9 Å². The van der Waals surface area contributed by atoms with E-state index >= 15 is 0 Å². The molecule has 0 radical (unpaired) electrons. The molecular weight excluding hydrogens is 416 g/mol. The van der Waals surface area contributed by atoms with Crippen molar-refractivity contribution in [2.75, 3.05) is 13.1 Å². The number of carbonyl (C=O) groups is 2. The molecule has 0 spiro atoms. The lowest BCUT2D eigenvalue weighted by Gasteiger charge is -2.30. The summed E-state index contributed by atoms with van der Waals surface area (Å²) >= 11 is 0. The van der Waals surface area contributed by atoms with E-state index in [4.69, 9.17) is 4.74 Å². The number of nitrogens with zero attached hydrogens (tertiary/aromatic N) is 1. The van der Waals surface area contributed by atoms with Crippen LogP contribution in [0.25, 0.3) is 0 Å². The van der Waals surface area contributed by atoms with Crippen molar-refractivity contribution in [2.24, 2.45) is 5.92 Å². The van der Waals surface area contributed by atoms with Crippen LogP contribution in [0.1, 0.15) is 74.7 Å². The maximum atomic E-state index is 13.0. The molecule has 1 aliphatic heterocycles. The van der Waals surface area contributed by atoms with E-state index in [1.807, 2.05) is 0 Å². The van der Waals surface area contributed by atoms with E-state index < -0.39 is 22.1 Å². The first-order valence-corrected chi connectivity index (χ1v) is 12.8. The molecule has 0 aromatic heterocycles. The number of hydrogen-bond donors (Lipinski definition) is 1. The lowest BCUT2D eigenvalue weighted by atomic mass is 9.86. The Morgan fingerprint density at radius 1 is 1.10 bits per heavy atom. The molecule has 7 nitrogen and oxygen atoms in total. The van der Waals surface area contributed by atoms with Gasteiger partial charge in [-0.25, -0.2) is 13.2 Å². The zero-order chi connectivity index (χ0) is 22.6. The number of nitrogens with one attached hydrogen (secondary N) is 1. The standard InChI is InChI=1S/C23H34N2O5S/c1-16-11-12-19(31(28,29)25-13-7-4-8-14-25)15-20(16)23(27)30-18(3)22(26)24-21-10-6-5-9-17(21)2/h11-12,15,17-18,21H,4-10,13-14H2,1-3H3,(H,24,26)/t17-,18+,21+/m0/s1. The van der Waals surface area contributed by atoms with Crippen LogP contribution < -0.4 is 5.32 Å². The van der Waals surface area contributed by atoms with Gasteiger partial charge in [-0.3, -0.25) is 4.79 Å². The van der Waals surface area contributed by atoms with Crippen molar-refractivity contribution >= 4 is 21.9 Å². The third-order valence-electron chi connectivity index (χ3n) is 6.47. The highest BCUT2D eigenvalue weighted by molar-refractivity contribution is 7.89. The fourth-order valence-electron chi connectivity index (χ4n) is 4.34. The van der Waals surface area contributed by atoms with E-state index in [-0.39, 0.29) is 22.4 Å². The highest BCUT2D eigenvalue weighted by Gasteiger charge is 2.29. The van der Waals surface area contributed by atoms with Crippen molar-refractivity contribution in [3.63, 3.8) is 0 Å². The third kappa shape index (κ3) is 5.66. The van der Waals surface area contributed by atoms with Crippen molar-refractivity contribution in [3.8, 4) is 0 Å². The van der Waals surface area contributed by atoms with Gasteiger partial charge in [-0.1, -0.05) is 32.3 Å². The summed E-state index contributed by atoms with van der Waals surface area (Å²) in [4.78, 5) is 25.4. The second-order valence-electron chi connectivity index (χ2n) is 8.87. The molecule has 1 aromatic rings. The first-order valence-electron chi connectivity index (χ1n) is 11.3. The SMILES string of the molecule is Cc1ccc(S(=O)(=O)N2CCCCC2)cc1C(=O)O[C@H](C)C(=O)N[C@@H]1CCCC[C@@H]1C. The highest BCUT2D eigenvalue weighted by atomic mass is 32.2. The van der Waals surface area contributed by atoms with Gasteiger partial charge in [0.05, 0.1) is 10.5 Å². The molecule has 0 bridgehead atoms. The second kappa shape index (κ2) is 10.1. The predicted octanol–water partition coefficient (Wildman–Crippen LogP) is 3.41. The fraction of sp³-hybridized carbons (Fsp3) is 0.652. The number of aryl methyl sites for hydroxylation is 1. The Labute approximate surface area is 185 Å². The minimum absolute atomic E-state index is 0.0834. The van der Waals surface area contributed by atoms with Gasteiger partial charge >= 0.3 is 5.97 Å². The molecule has 1 heterocycles. The minimum Gasteiger partial charge on any atom is -0.449 e. The first-order chi connectivity index (χ1) is 14.7. The maximum Gasteiger partial charge on any atom is 0.339 e. The van der Waals surface area contributed by atoms with E-state index in [0.29, 0.717) is 24.6 Å². The fourth-order valence-corrected chi connectivity index (χ4v) is 5.89. The van der Waals surface area contributed by atoms with Crippen molar-refractivity contribution in [2.45, 2.75) is 82.8 Å². The third-order valence-corrected chi connectivity index (χ3v) is 8.37. The first kappa shape index (κ1) is 23.7. The van der Waals surface area contributed by atoms with Gasteiger partial charge in [0.15, 0.2) is 6.10 Å². The van der Waals surface area contributed by atoms with Gasteiger partial charge in [0, 0.05) is 19.1 Å². The number of rotatable bonds is 6. The molecule has 1 aliphatic carbocycles. The minimum atomic E-state index is -3.66. The molecule has 1 saturated carbocycles. The van der Waals surface area contributed by atoms with Crippen LogP contribution in [0, 0.1) is 12.8 Å². The second-order valence-corrected chi connectivity index (χ2v) is 10.8. The van der Waals surface area contributed by atoms with Gasteiger partial charge in [0.2, 0.25) is 10.0 Å². The molecule has 1 aromatic carbocycles. The smallest absolute Gasteiger partial charge is 0.339 e. The molecular formula is C23H34N2O5S. The molecule has 2 fully saturated rings. The molecule has 31 heavy (non-hydrogen) atoms. The van der Waals surface area contributed by atoms with E-state index in [2.05, 4.69) is 12.2 Å². The number of benzene rings is 1. The number of ether oxygens (including phenoxy) is 1. The van der Waals surface area contributed by atoms with Crippen molar-refractivity contribution in [3.05, 3.63) is 29.3 Å². The molecule has 0 unspecified atom stereocenters. The van der Waals surface area contributed by atoms with Gasteiger partial charge in [-0.15, -0.1) is 0 Å². The molecule has 1 saturated heterocycles. The summed E-state index contributed by atoms with van der Waals surface area (Å²) < 4.78 is 32.8. The quantitative estimate of drug-likeness (QED) is 0.671. The summed E-state index contributed by atoms with van der Waals surface area (Å²) in [5, 5.41) is 3.00. The summed E-state index contributed by atoms with van der Waals surface area (Å²) in [7, 11) is -3.66. The van der Waals surface area contributed by atoms with Crippen LogP contribution in [0.2, 0.25) is 0 Å². The number of piperidine rings is 1. The number of amides is 1. The van der Waals surface area contributed by atoms with Gasteiger partial charge < -0.3 is 10.1 Å². The summed E-state index contributed by atoms with van der Waals surface area (Å²) in [6.45, 7) is 6.38. The van der Waals surface area contributed by atoms with Crippen LogP contribution >= 0.6 is 0 Å². The summed E-state index contributed by atoms with van der Waals surface area (Å²) in [6, 6.07) is 4.61. The molecule has 3 atom stereocenters. The Morgan fingerprint density at radius 2 is 1.77 bits per heavy atom. The summed E-state index contributed by atoms with van der Waals surface area (Å²) in [5.41, 5.74) is 0.778. The van der Waals surface area contributed by atoms with Crippen LogP contribution in [0.5, 0.6) is 0 Å². The number of sulfonamides is 1. The van der Waals surface area contributed by atoms with Crippen LogP contribution in [-0.4, -0.2) is 49.8 Å². The van der Waals surface area contributed by atoms with Crippen molar-refractivity contribution in [1.29, 1.82) is 0 Å². The average molecular weight is 451 g/mol. The highest BCUT2D eigenvalue weighted by Crippen LogP contribution is 2.25. The molecule has 8 heteroatoms. The maximum absolute atomic E-state index is 13.0. The number of hydrogen-bond acceptors (Lipinski definition) is 5. The van der Waals surface area contributed by atoms with Crippen molar-refractivity contribution in [1.82, 2.24) is 9.62 Å². The summed E-state index contributed by atoms with van der Waals surface area (Å²) in [6.07, 6.45) is 6.02. The summed E-state index contributed by atoms with van der Waals surface area (Å²) in [5.74, 6) is -0.603. The predicted molar refractivity (Wildman–Crippen MR) is 118 cm³/mol. The van der Waals surface area contributed by atoms with Gasteiger partial charge in [-0.2, -0.15) is 4.31 Å². The van der Waals surface area contributed by atoms with E-state index in [9.17, 15) is 18.0 Å². The normalized spacial score (nSPS) is 23.7. The van der Waals surface area contributed by atoms with Gasteiger partial charge in [0.25, 0.3) is 5.91 Å². The van der Waals surface area contributed by atoms with Gasteiger partial charge in [0.1, 0.15) is 0 Å². The Balaban J connectivity index is 1.69. The van der Waals surface area contributed by atoms with Crippen LogP contribution in [-0.2, 0) is 19.6 Å². The molecule has 172 valence electrons. The molecule has 2 aliphatic rings. The largest absolute Gasteiger partial charge is 0.449 e. The Kier molecular flexibility index (Phi) is 7.75. The molecule has 3 rings (SSSR count). The molecule has 1 amide bonds. The lowest BCUT2D eigenvalue weighted by Crippen LogP contribution is -2.46. The number of esters is 1. The Morgan fingerprint density at radius 3 is 2.45 bits per heavy atom.